The number of aliphatic hydroxyl groups is 1. The first-order valence-electron chi connectivity index (χ1n) is 6.91. The van der Waals surface area contributed by atoms with Crippen LogP contribution in [0.3, 0.4) is 0 Å². The Hall–Kier alpha value is -1.01. The zero-order valence-electron chi connectivity index (χ0n) is 12.6. The van der Waals surface area contributed by atoms with Gasteiger partial charge in [-0.1, -0.05) is 17.7 Å². The first kappa shape index (κ1) is 16.4. The number of hydrogen-bond donors (Lipinski definition) is 1. The Kier molecular flexibility index (Phi) is 5.70. The Morgan fingerprint density at radius 1 is 1.29 bits per heavy atom. The molecule has 2 atom stereocenters. The summed E-state index contributed by atoms with van der Waals surface area (Å²) in [5.41, 5.74) is 0.949. The number of hydrogen-bond acceptors (Lipinski definition) is 5. The molecular weight excluding hydrogens is 294 g/mol. The average molecular weight is 316 g/mol. The van der Waals surface area contributed by atoms with E-state index in [9.17, 15) is 5.11 Å². The van der Waals surface area contributed by atoms with E-state index in [1.165, 1.54) is 0 Å². The minimum atomic E-state index is 0.0964. The summed E-state index contributed by atoms with van der Waals surface area (Å²) in [5.74, 6) is 1.15. The zero-order chi connectivity index (χ0) is 15.4. The van der Waals surface area contributed by atoms with Crippen LogP contribution in [0.5, 0.6) is 11.5 Å². The highest BCUT2D eigenvalue weighted by atomic mass is 35.5. The van der Waals surface area contributed by atoms with Crippen molar-refractivity contribution >= 4 is 11.6 Å². The van der Waals surface area contributed by atoms with Crippen LogP contribution in [0.15, 0.2) is 12.1 Å². The fourth-order valence-electron chi connectivity index (χ4n) is 2.76. The van der Waals surface area contributed by atoms with E-state index >= 15 is 0 Å². The van der Waals surface area contributed by atoms with Crippen LogP contribution in [0.1, 0.15) is 12.0 Å². The molecule has 5 nitrogen and oxygen atoms in total. The number of aliphatic hydroxyl groups excluding tert-OH is 1. The van der Waals surface area contributed by atoms with Gasteiger partial charge in [0.25, 0.3) is 0 Å². The van der Waals surface area contributed by atoms with E-state index in [0.29, 0.717) is 23.1 Å². The number of benzene rings is 1. The monoisotopic (exact) mass is 315 g/mol. The number of halogens is 1. The molecular formula is C15H22ClNO4. The maximum absolute atomic E-state index is 9.51. The van der Waals surface area contributed by atoms with E-state index in [0.717, 1.165) is 18.5 Å². The predicted molar refractivity (Wildman–Crippen MR) is 81.3 cm³/mol. The van der Waals surface area contributed by atoms with Gasteiger partial charge in [0.05, 0.1) is 32.0 Å². The fraction of sp³-hybridized carbons (Fsp3) is 0.600. The van der Waals surface area contributed by atoms with Crippen molar-refractivity contribution in [3.63, 3.8) is 0 Å². The van der Waals surface area contributed by atoms with E-state index < -0.39 is 0 Å². The lowest BCUT2D eigenvalue weighted by molar-refractivity contribution is 0.107. The molecule has 0 aliphatic carbocycles. The standard InChI is InChI=1S/C15H22ClNO4/c1-19-12-6-11(9-18)17(8-12)7-10-4-5-13(20-2)15(21-3)14(10)16/h4-5,11-12,18H,6-9H2,1-3H3/t11-,12+/m0/s1. The topological polar surface area (TPSA) is 51.2 Å². The highest BCUT2D eigenvalue weighted by molar-refractivity contribution is 6.33. The molecule has 1 aliphatic rings. The van der Waals surface area contributed by atoms with Gasteiger partial charge in [-0.05, 0) is 18.1 Å². The molecule has 0 unspecified atom stereocenters. The minimum Gasteiger partial charge on any atom is -0.493 e. The average Bonchev–Trinajstić information content (AvgIpc) is 2.91. The number of rotatable bonds is 6. The van der Waals surface area contributed by atoms with Crippen molar-refractivity contribution in [2.75, 3.05) is 34.5 Å². The smallest absolute Gasteiger partial charge is 0.179 e. The molecule has 0 saturated carbocycles. The molecule has 1 fully saturated rings. The number of likely N-dealkylation sites (tertiary alicyclic amines) is 1. The SMILES string of the molecule is COc1ccc(CN2C[C@H](OC)C[C@H]2CO)c(Cl)c1OC. The summed E-state index contributed by atoms with van der Waals surface area (Å²) in [6.07, 6.45) is 0.985. The summed E-state index contributed by atoms with van der Waals surface area (Å²) < 4.78 is 15.9. The molecule has 1 N–H and O–H groups in total. The summed E-state index contributed by atoms with van der Waals surface area (Å²) in [5, 5.41) is 10.1. The molecule has 1 aromatic carbocycles. The first-order chi connectivity index (χ1) is 10.1. The van der Waals surface area contributed by atoms with Crippen LogP contribution in [0.4, 0.5) is 0 Å². The highest BCUT2D eigenvalue weighted by Gasteiger charge is 2.32. The van der Waals surface area contributed by atoms with E-state index in [2.05, 4.69) is 4.90 Å². The van der Waals surface area contributed by atoms with Gasteiger partial charge in [-0.25, -0.2) is 0 Å². The maximum Gasteiger partial charge on any atom is 0.179 e. The van der Waals surface area contributed by atoms with Crippen LogP contribution in [-0.4, -0.2) is 56.6 Å². The van der Waals surface area contributed by atoms with Gasteiger partial charge in [-0.2, -0.15) is 0 Å². The van der Waals surface area contributed by atoms with Gasteiger partial charge in [-0.3, -0.25) is 4.90 Å². The molecule has 0 spiro atoms. The van der Waals surface area contributed by atoms with Crippen LogP contribution in [-0.2, 0) is 11.3 Å². The lowest BCUT2D eigenvalue weighted by Gasteiger charge is -2.23. The van der Waals surface area contributed by atoms with Crippen molar-refractivity contribution in [1.82, 2.24) is 4.90 Å². The van der Waals surface area contributed by atoms with Gasteiger partial charge in [0.15, 0.2) is 11.5 Å². The Bertz CT molecular complexity index is 483. The molecule has 0 bridgehead atoms. The summed E-state index contributed by atoms with van der Waals surface area (Å²) >= 11 is 6.41. The predicted octanol–water partition coefficient (Wildman–Crippen LogP) is 1.94. The van der Waals surface area contributed by atoms with Crippen molar-refractivity contribution in [3.05, 3.63) is 22.7 Å². The van der Waals surface area contributed by atoms with E-state index in [1.54, 1.807) is 21.3 Å². The van der Waals surface area contributed by atoms with Gasteiger partial charge in [0.2, 0.25) is 0 Å². The zero-order valence-corrected chi connectivity index (χ0v) is 13.4. The summed E-state index contributed by atoms with van der Waals surface area (Å²) in [7, 11) is 4.85. The van der Waals surface area contributed by atoms with E-state index in [1.807, 2.05) is 12.1 Å². The third-order valence-electron chi connectivity index (χ3n) is 3.97. The summed E-state index contributed by atoms with van der Waals surface area (Å²) in [6.45, 7) is 1.54. The molecule has 1 aliphatic heterocycles. The molecule has 0 amide bonds. The number of nitrogens with zero attached hydrogens (tertiary/aromatic N) is 1. The van der Waals surface area contributed by atoms with Gasteiger partial charge < -0.3 is 19.3 Å². The molecule has 0 radical (unpaired) electrons. The van der Waals surface area contributed by atoms with E-state index in [-0.39, 0.29) is 18.8 Å². The summed E-state index contributed by atoms with van der Waals surface area (Å²) in [4.78, 5) is 2.18. The lowest BCUT2D eigenvalue weighted by atomic mass is 10.1. The Labute approximate surface area is 130 Å². The Morgan fingerprint density at radius 3 is 2.62 bits per heavy atom. The molecule has 118 valence electrons. The molecule has 1 saturated heterocycles. The van der Waals surface area contributed by atoms with Crippen molar-refractivity contribution in [1.29, 1.82) is 0 Å². The molecule has 0 aromatic heterocycles. The Morgan fingerprint density at radius 2 is 2.05 bits per heavy atom. The van der Waals surface area contributed by atoms with Crippen molar-refractivity contribution < 1.29 is 19.3 Å². The van der Waals surface area contributed by atoms with Crippen molar-refractivity contribution in [2.45, 2.75) is 25.1 Å². The maximum atomic E-state index is 9.51. The first-order valence-corrected chi connectivity index (χ1v) is 7.29. The third kappa shape index (κ3) is 3.43. The van der Waals surface area contributed by atoms with Gasteiger partial charge in [0, 0.05) is 26.2 Å². The van der Waals surface area contributed by atoms with E-state index in [4.69, 9.17) is 25.8 Å². The number of methoxy groups -OCH3 is 3. The van der Waals surface area contributed by atoms with Crippen LogP contribution in [0.2, 0.25) is 5.02 Å². The summed E-state index contributed by atoms with van der Waals surface area (Å²) in [6, 6.07) is 3.87. The van der Waals surface area contributed by atoms with Gasteiger partial charge >= 0.3 is 0 Å². The molecule has 1 heterocycles. The normalized spacial score (nSPS) is 22.5. The van der Waals surface area contributed by atoms with Gasteiger partial charge in [0.1, 0.15) is 0 Å². The Balaban J connectivity index is 2.19. The second kappa shape index (κ2) is 7.31. The molecule has 2 rings (SSSR count). The fourth-order valence-corrected chi connectivity index (χ4v) is 3.06. The molecule has 21 heavy (non-hydrogen) atoms. The minimum absolute atomic E-state index is 0.0964. The largest absolute Gasteiger partial charge is 0.493 e. The number of ether oxygens (including phenoxy) is 3. The van der Waals surface area contributed by atoms with Crippen LogP contribution in [0.25, 0.3) is 0 Å². The lowest BCUT2D eigenvalue weighted by Crippen LogP contribution is -2.32. The third-order valence-corrected chi connectivity index (χ3v) is 4.39. The van der Waals surface area contributed by atoms with Crippen LogP contribution >= 0.6 is 11.6 Å². The second-order valence-corrected chi connectivity index (χ2v) is 5.51. The van der Waals surface area contributed by atoms with Crippen LogP contribution < -0.4 is 9.47 Å². The van der Waals surface area contributed by atoms with Crippen molar-refractivity contribution in [2.24, 2.45) is 0 Å². The second-order valence-electron chi connectivity index (χ2n) is 5.13. The van der Waals surface area contributed by atoms with Crippen molar-refractivity contribution in [3.8, 4) is 11.5 Å². The van der Waals surface area contributed by atoms with Gasteiger partial charge in [-0.15, -0.1) is 0 Å². The molecule has 1 aromatic rings. The van der Waals surface area contributed by atoms with Crippen LogP contribution in [0, 0.1) is 0 Å². The quantitative estimate of drug-likeness (QED) is 0.869. The highest BCUT2D eigenvalue weighted by Crippen LogP contribution is 2.38. The molecule has 6 heteroatoms.